The lowest BCUT2D eigenvalue weighted by atomic mass is 10.3. The van der Waals surface area contributed by atoms with Gasteiger partial charge in [-0.25, -0.2) is 16.8 Å². The predicted molar refractivity (Wildman–Crippen MR) is 99.5 cm³/mol. The Balaban J connectivity index is 1.56. The zero-order valence-corrected chi connectivity index (χ0v) is 16.3. The molecule has 2 fully saturated rings. The normalized spacial score (nSPS) is 27.3. The first-order valence-electron chi connectivity index (χ1n) is 7.54. The lowest BCUT2D eigenvalue weighted by Crippen LogP contribution is -2.44. The van der Waals surface area contributed by atoms with Crippen molar-refractivity contribution in [2.75, 3.05) is 36.2 Å². The number of thiocarbonyl (C=S) groups is 2. The largest absolute Gasteiger partial charge is 0.469 e. The molecule has 0 bridgehead atoms. The molecule has 0 aromatic heterocycles. The molecule has 12 heteroatoms. The minimum absolute atomic E-state index is 0.0764. The summed E-state index contributed by atoms with van der Waals surface area (Å²) in [5, 5.41) is 9.30. The molecule has 24 heavy (non-hydrogen) atoms. The lowest BCUT2D eigenvalue weighted by molar-refractivity contribution is 0.299. The summed E-state index contributed by atoms with van der Waals surface area (Å²) in [4.78, 5) is 0. The van der Waals surface area contributed by atoms with Crippen molar-refractivity contribution in [1.29, 1.82) is 0 Å². The Bertz CT molecular complexity index is 631. The van der Waals surface area contributed by atoms with E-state index in [0.717, 1.165) is 0 Å². The van der Waals surface area contributed by atoms with Gasteiger partial charge in [-0.1, -0.05) is 0 Å². The van der Waals surface area contributed by atoms with Crippen LogP contribution < -0.4 is 16.0 Å². The fourth-order valence-electron chi connectivity index (χ4n) is 2.57. The summed E-state index contributed by atoms with van der Waals surface area (Å²) >= 11 is 10.1. The van der Waals surface area contributed by atoms with Crippen LogP contribution >= 0.6 is 24.4 Å². The van der Waals surface area contributed by atoms with Crippen LogP contribution in [0.1, 0.15) is 12.8 Å². The fraction of sp³-hybridized carbons (Fsp3) is 0.833. The lowest BCUT2D eigenvalue weighted by Gasteiger charge is -2.16. The maximum Gasteiger partial charge on any atom is 0.256 e. The topological polar surface area (TPSA) is 114 Å². The highest BCUT2D eigenvalue weighted by molar-refractivity contribution is 7.92. The molecular formula is C12H21N3O5S4. The van der Waals surface area contributed by atoms with E-state index in [9.17, 15) is 16.8 Å². The number of hydrogen-bond donors (Lipinski definition) is 3. The molecule has 0 radical (unpaired) electrons. The average molecular weight is 416 g/mol. The summed E-state index contributed by atoms with van der Waals surface area (Å²) in [6.45, 7) is 0.659. The highest BCUT2D eigenvalue weighted by Crippen LogP contribution is 2.11. The maximum atomic E-state index is 11.4. The molecule has 2 atom stereocenters. The smallest absolute Gasteiger partial charge is 0.256 e. The zero-order chi connectivity index (χ0) is 17.8. The summed E-state index contributed by atoms with van der Waals surface area (Å²) in [6, 6.07) is -0.342. The molecule has 0 amide bonds. The van der Waals surface area contributed by atoms with Crippen molar-refractivity contribution in [2.24, 2.45) is 0 Å². The Kier molecular flexibility index (Phi) is 6.62. The molecule has 2 aliphatic heterocycles. The summed E-state index contributed by atoms with van der Waals surface area (Å²) in [5.74, 6) is 0.537. The van der Waals surface area contributed by atoms with Crippen molar-refractivity contribution < 1.29 is 21.6 Å². The molecule has 2 rings (SSSR count). The van der Waals surface area contributed by atoms with E-state index >= 15 is 0 Å². The number of hydrogen-bond acceptors (Lipinski definition) is 7. The first-order chi connectivity index (χ1) is 11.2. The van der Waals surface area contributed by atoms with Gasteiger partial charge in [0.25, 0.3) is 5.17 Å². The van der Waals surface area contributed by atoms with E-state index in [1.165, 1.54) is 0 Å². The molecule has 8 nitrogen and oxygen atoms in total. The molecule has 3 N–H and O–H groups in total. The van der Waals surface area contributed by atoms with Crippen LogP contribution in [0.15, 0.2) is 0 Å². The van der Waals surface area contributed by atoms with Crippen LogP contribution in [-0.2, 0) is 24.4 Å². The summed E-state index contributed by atoms with van der Waals surface area (Å²) in [5.41, 5.74) is 0. The Morgan fingerprint density at radius 3 is 2.00 bits per heavy atom. The third-order valence-electron chi connectivity index (χ3n) is 3.74. The summed E-state index contributed by atoms with van der Waals surface area (Å²) < 4.78 is 50.7. The molecule has 2 unspecified atom stereocenters. The van der Waals surface area contributed by atoms with Crippen LogP contribution in [0.4, 0.5) is 0 Å². The van der Waals surface area contributed by atoms with Gasteiger partial charge in [-0.3, -0.25) is 0 Å². The van der Waals surface area contributed by atoms with E-state index in [2.05, 4.69) is 16.0 Å². The van der Waals surface area contributed by atoms with Crippen LogP contribution in [0.2, 0.25) is 0 Å². The Morgan fingerprint density at radius 1 is 0.958 bits per heavy atom. The molecule has 0 aromatic carbocycles. The van der Waals surface area contributed by atoms with Crippen molar-refractivity contribution in [3.05, 3.63) is 0 Å². The van der Waals surface area contributed by atoms with Crippen LogP contribution in [-0.4, -0.2) is 75.4 Å². The third-order valence-corrected chi connectivity index (χ3v) is 7.78. The van der Waals surface area contributed by atoms with Gasteiger partial charge >= 0.3 is 0 Å². The van der Waals surface area contributed by atoms with Gasteiger partial charge in [0.1, 0.15) is 6.61 Å². The van der Waals surface area contributed by atoms with Crippen molar-refractivity contribution >= 4 is 54.4 Å². The van der Waals surface area contributed by atoms with Crippen molar-refractivity contribution in [1.82, 2.24) is 16.0 Å². The second-order valence-electron chi connectivity index (χ2n) is 5.88. The number of nitrogens with one attached hydrogen (secondary N) is 3. The molecule has 2 aliphatic rings. The van der Waals surface area contributed by atoms with Crippen molar-refractivity contribution in [3.63, 3.8) is 0 Å². The van der Waals surface area contributed by atoms with Gasteiger partial charge < -0.3 is 20.7 Å². The molecule has 2 saturated heterocycles. The van der Waals surface area contributed by atoms with Crippen molar-refractivity contribution in [2.45, 2.75) is 24.9 Å². The average Bonchev–Trinajstić information content (AvgIpc) is 2.96. The SMILES string of the molecule is O=S1(=O)CCC(NC(=S)NCCOC(=S)NC2CCS(=O)(=O)C2)C1. The number of sulfone groups is 2. The quantitative estimate of drug-likeness (QED) is 0.370. The van der Waals surface area contributed by atoms with Gasteiger partial charge in [0.15, 0.2) is 24.8 Å². The van der Waals surface area contributed by atoms with Gasteiger partial charge in [0.05, 0.1) is 29.6 Å². The second-order valence-corrected chi connectivity index (χ2v) is 11.1. The molecule has 0 aliphatic carbocycles. The first-order valence-corrected chi connectivity index (χ1v) is 12.0. The van der Waals surface area contributed by atoms with Crippen LogP contribution in [0, 0.1) is 0 Å². The van der Waals surface area contributed by atoms with E-state index in [0.29, 0.717) is 24.5 Å². The predicted octanol–water partition coefficient (Wildman–Crippen LogP) is -1.28. The van der Waals surface area contributed by atoms with Gasteiger partial charge in [-0.15, -0.1) is 0 Å². The highest BCUT2D eigenvalue weighted by Gasteiger charge is 2.29. The van der Waals surface area contributed by atoms with E-state index in [1.807, 2.05) is 0 Å². The van der Waals surface area contributed by atoms with Crippen molar-refractivity contribution in [3.8, 4) is 0 Å². The number of ether oxygens (including phenoxy) is 1. The van der Waals surface area contributed by atoms with Gasteiger partial charge in [-0.05, 0) is 37.3 Å². The van der Waals surface area contributed by atoms with E-state index < -0.39 is 19.7 Å². The van der Waals surface area contributed by atoms with Gasteiger partial charge in [-0.2, -0.15) is 0 Å². The second kappa shape index (κ2) is 8.11. The monoisotopic (exact) mass is 415 g/mol. The van der Waals surface area contributed by atoms with E-state index in [-0.39, 0.29) is 46.9 Å². The standard InChI is InChI=1S/C12H21N3O5S4/c16-23(17)5-1-9(7-23)14-11(21)13-3-4-20-12(22)15-10-2-6-24(18,19)8-10/h9-10H,1-8H2,(H,15,22)(H2,13,14,21). The Hall–Kier alpha value is -0.720. The fourth-order valence-corrected chi connectivity index (χ4v) is 6.44. The van der Waals surface area contributed by atoms with Crippen LogP contribution in [0.25, 0.3) is 0 Å². The molecule has 0 spiro atoms. The van der Waals surface area contributed by atoms with E-state index in [1.54, 1.807) is 0 Å². The van der Waals surface area contributed by atoms with Gasteiger partial charge in [0.2, 0.25) is 0 Å². The third kappa shape index (κ3) is 6.65. The van der Waals surface area contributed by atoms with Gasteiger partial charge in [0, 0.05) is 12.1 Å². The summed E-state index contributed by atoms with van der Waals surface area (Å²) in [6.07, 6.45) is 1.08. The molecule has 2 heterocycles. The molecule has 0 saturated carbocycles. The van der Waals surface area contributed by atoms with Crippen LogP contribution in [0.5, 0.6) is 0 Å². The van der Waals surface area contributed by atoms with Crippen LogP contribution in [0.3, 0.4) is 0 Å². The Morgan fingerprint density at radius 2 is 1.50 bits per heavy atom. The van der Waals surface area contributed by atoms with E-state index in [4.69, 9.17) is 29.2 Å². The maximum absolute atomic E-state index is 11.4. The first kappa shape index (κ1) is 19.6. The minimum Gasteiger partial charge on any atom is -0.469 e. The molecular weight excluding hydrogens is 394 g/mol. The Labute approximate surface area is 152 Å². The zero-order valence-electron chi connectivity index (χ0n) is 13.0. The number of rotatable bonds is 5. The summed E-state index contributed by atoms with van der Waals surface area (Å²) in [7, 11) is -5.90. The highest BCUT2D eigenvalue weighted by atomic mass is 32.2. The minimum atomic E-state index is -2.96. The molecule has 0 aromatic rings. The molecule has 138 valence electrons.